The van der Waals surface area contributed by atoms with E-state index in [9.17, 15) is 18.0 Å². The molecule has 33 heavy (non-hydrogen) atoms. The predicted octanol–water partition coefficient (Wildman–Crippen LogP) is 8.23. The van der Waals surface area contributed by atoms with Crippen molar-refractivity contribution in [2.45, 2.75) is 12.6 Å². The van der Waals surface area contributed by atoms with Gasteiger partial charge in [0.15, 0.2) is 10.9 Å². The summed E-state index contributed by atoms with van der Waals surface area (Å²) in [6, 6.07) is 10.9. The van der Waals surface area contributed by atoms with E-state index in [1.54, 1.807) is 18.3 Å². The normalized spacial score (nSPS) is 11.6. The van der Waals surface area contributed by atoms with Crippen molar-refractivity contribution in [1.82, 2.24) is 4.98 Å². The fraction of sp³-hybridized carbons (Fsp3) is 0.0909. The van der Waals surface area contributed by atoms with Crippen molar-refractivity contribution in [1.29, 1.82) is 0 Å². The highest BCUT2D eigenvalue weighted by atomic mass is 35.5. The fourth-order valence-electron chi connectivity index (χ4n) is 2.95. The van der Waals surface area contributed by atoms with Gasteiger partial charge in [-0.1, -0.05) is 40.9 Å². The lowest BCUT2D eigenvalue weighted by Gasteiger charge is -2.09. The number of hydrogen-bond donors (Lipinski definition) is 1. The standard InChI is InChI=1S/C22H12Cl3F3N2O2S/c23-15-4-2-12(22(26,27)28)9-14(15)18-5-6-19(32-18)20(31)30-21-29-10-13(33-21)7-11-1-3-16(24)17(25)8-11/h1-6,8-10H,7H2,(H,29,30,31). The highest BCUT2D eigenvalue weighted by Gasteiger charge is 2.31. The van der Waals surface area contributed by atoms with Crippen LogP contribution in [0.2, 0.25) is 15.1 Å². The van der Waals surface area contributed by atoms with Crippen LogP contribution in [0, 0.1) is 0 Å². The lowest BCUT2D eigenvalue weighted by Crippen LogP contribution is -2.10. The first-order chi connectivity index (χ1) is 15.6. The van der Waals surface area contributed by atoms with E-state index in [1.165, 1.54) is 23.5 Å². The van der Waals surface area contributed by atoms with Crippen LogP contribution in [0.25, 0.3) is 11.3 Å². The summed E-state index contributed by atoms with van der Waals surface area (Å²) in [5.41, 5.74) is 0.0878. The van der Waals surface area contributed by atoms with Gasteiger partial charge in [0.2, 0.25) is 0 Å². The molecule has 4 rings (SSSR count). The smallest absolute Gasteiger partial charge is 0.416 e. The number of amides is 1. The van der Waals surface area contributed by atoms with Gasteiger partial charge in [-0.25, -0.2) is 4.98 Å². The number of anilines is 1. The second-order valence-corrected chi connectivity index (χ2v) is 9.20. The van der Waals surface area contributed by atoms with E-state index in [1.807, 2.05) is 6.07 Å². The lowest BCUT2D eigenvalue weighted by atomic mass is 10.1. The number of hydrogen-bond acceptors (Lipinski definition) is 4. The monoisotopic (exact) mass is 530 g/mol. The van der Waals surface area contributed by atoms with E-state index < -0.39 is 17.6 Å². The van der Waals surface area contributed by atoms with Gasteiger partial charge < -0.3 is 4.42 Å². The molecule has 2 aromatic carbocycles. The third kappa shape index (κ3) is 5.52. The van der Waals surface area contributed by atoms with Crippen LogP contribution >= 0.6 is 46.1 Å². The van der Waals surface area contributed by atoms with Crippen LogP contribution in [0.1, 0.15) is 26.6 Å². The minimum atomic E-state index is -4.54. The minimum Gasteiger partial charge on any atom is -0.451 e. The zero-order chi connectivity index (χ0) is 23.8. The molecule has 0 bridgehead atoms. The van der Waals surface area contributed by atoms with Crippen LogP contribution in [0.5, 0.6) is 0 Å². The van der Waals surface area contributed by atoms with E-state index in [4.69, 9.17) is 39.2 Å². The molecule has 0 aliphatic rings. The van der Waals surface area contributed by atoms with E-state index in [2.05, 4.69) is 10.3 Å². The van der Waals surface area contributed by atoms with Crippen LogP contribution < -0.4 is 5.32 Å². The molecule has 0 unspecified atom stereocenters. The van der Waals surface area contributed by atoms with Crippen LogP contribution in [-0.4, -0.2) is 10.9 Å². The summed E-state index contributed by atoms with van der Waals surface area (Å²) in [6.07, 6.45) is -2.37. The molecule has 0 atom stereocenters. The average molecular weight is 532 g/mol. The Balaban J connectivity index is 1.47. The van der Waals surface area contributed by atoms with Gasteiger partial charge in [-0.15, -0.1) is 11.3 Å². The summed E-state index contributed by atoms with van der Waals surface area (Å²) in [5, 5.41) is 3.92. The summed E-state index contributed by atoms with van der Waals surface area (Å²) >= 11 is 19.3. The summed E-state index contributed by atoms with van der Waals surface area (Å²) in [4.78, 5) is 17.6. The van der Waals surface area contributed by atoms with E-state index >= 15 is 0 Å². The molecule has 0 saturated heterocycles. The third-order valence-electron chi connectivity index (χ3n) is 4.53. The maximum Gasteiger partial charge on any atom is 0.416 e. The first-order valence-electron chi connectivity index (χ1n) is 9.27. The maximum absolute atomic E-state index is 13.0. The second-order valence-electron chi connectivity index (χ2n) is 6.87. The fourth-order valence-corrected chi connectivity index (χ4v) is 4.32. The minimum absolute atomic E-state index is 0.0312. The van der Waals surface area contributed by atoms with Crippen LogP contribution in [-0.2, 0) is 12.6 Å². The van der Waals surface area contributed by atoms with Crippen molar-refractivity contribution < 1.29 is 22.4 Å². The number of nitrogens with zero attached hydrogens (tertiary/aromatic N) is 1. The Hall–Kier alpha value is -2.52. The molecule has 1 N–H and O–H groups in total. The van der Waals surface area contributed by atoms with Gasteiger partial charge in [0.1, 0.15) is 5.76 Å². The third-order valence-corrected chi connectivity index (χ3v) is 6.51. The molecule has 2 aromatic heterocycles. The van der Waals surface area contributed by atoms with Gasteiger partial charge in [-0.2, -0.15) is 13.2 Å². The molecule has 0 saturated carbocycles. The quantitative estimate of drug-likeness (QED) is 0.282. The van der Waals surface area contributed by atoms with Gasteiger partial charge in [-0.3, -0.25) is 10.1 Å². The Morgan fingerprint density at radius 3 is 2.48 bits per heavy atom. The van der Waals surface area contributed by atoms with Gasteiger partial charge in [0.05, 0.1) is 20.6 Å². The first kappa shape index (κ1) is 23.6. The summed E-state index contributed by atoms with van der Waals surface area (Å²) < 4.78 is 44.5. The molecule has 0 fully saturated rings. The van der Waals surface area contributed by atoms with Crippen molar-refractivity contribution in [3.05, 3.63) is 91.6 Å². The van der Waals surface area contributed by atoms with Gasteiger partial charge in [0, 0.05) is 23.1 Å². The second kappa shape index (κ2) is 9.38. The van der Waals surface area contributed by atoms with E-state index in [-0.39, 0.29) is 22.1 Å². The molecule has 4 nitrogen and oxygen atoms in total. The van der Waals surface area contributed by atoms with Crippen LogP contribution in [0.15, 0.2) is 59.1 Å². The average Bonchev–Trinajstić information content (AvgIpc) is 3.40. The predicted molar refractivity (Wildman–Crippen MR) is 123 cm³/mol. The Bertz CT molecular complexity index is 1330. The SMILES string of the molecule is O=C(Nc1ncc(Cc2ccc(Cl)c(Cl)c2)s1)c1ccc(-c2cc(C(F)(F)F)ccc2Cl)o1. The van der Waals surface area contributed by atoms with Crippen LogP contribution in [0.3, 0.4) is 0 Å². The van der Waals surface area contributed by atoms with Crippen molar-refractivity contribution in [2.75, 3.05) is 5.32 Å². The molecule has 0 aliphatic heterocycles. The summed E-state index contributed by atoms with van der Waals surface area (Å²) in [5.74, 6) is -0.657. The highest BCUT2D eigenvalue weighted by Crippen LogP contribution is 2.36. The number of carbonyl (C=O) groups is 1. The first-order valence-corrected chi connectivity index (χ1v) is 11.2. The van der Waals surface area contributed by atoms with Crippen LogP contribution in [0.4, 0.5) is 18.3 Å². The molecular formula is C22H12Cl3F3N2O2S. The Labute approximate surface area is 204 Å². The summed E-state index contributed by atoms with van der Waals surface area (Å²) in [7, 11) is 0. The van der Waals surface area contributed by atoms with Crippen molar-refractivity contribution >= 4 is 57.2 Å². The molecule has 4 aromatic rings. The number of aromatic nitrogens is 1. The lowest BCUT2D eigenvalue weighted by molar-refractivity contribution is -0.137. The molecule has 0 spiro atoms. The van der Waals surface area contributed by atoms with Gasteiger partial charge >= 0.3 is 6.18 Å². The van der Waals surface area contributed by atoms with Gasteiger partial charge in [0.25, 0.3) is 5.91 Å². The maximum atomic E-state index is 13.0. The molecule has 1 amide bonds. The Morgan fingerprint density at radius 2 is 1.76 bits per heavy atom. The number of furan rings is 1. The number of nitrogens with one attached hydrogen (secondary N) is 1. The largest absolute Gasteiger partial charge is 0.451 e. The number of rotatable bonds is 5. The zero-order valence-corrected chi connectivity index (χ0v) is 19.4. The van der Waals surface area contributed by atoms with Crippen molar-refractivity contribution in [2.24, 2.45) is 0 Å². The van der Waals surface area contributed by atoms with Gasteiger partial charge in [-0.05, 0) is 48.0 Å². The molecule has 170 valence electrons. The number of alkyl halides is 3. The number of halogens is 6. The number of carbonyl (C=O) groups excluding carboxylic acids is 1. The zero-order valence-electron chi connectivity index (χ0n) is 16.3. The Kier molecular flexibility index (Phi) is 6.72. The highest BCUT2D eigenvalue weighted by molar-refractivity contribution is 7.15. The number of thiazole rings is 1. The van der Waals surface area contributed by atoms with E-state index in [0.29, 0.717) is 21.6 Å². The van der Waals surface area contributed by atoms with Crippen molar-refractivity contribution in [3.8, 4) is 11.3 Å². The molecule has 0 aliphatic carbocycles. The van der Waals surface area contributed by atoms with Crippen molar-refractivity contribution in [3.63, 3.8) is 0 Å². The molecular weight excluding hydrogens is 520 g/mol. The van der Waals surface area contributed by atoms with E-state index in [0.717, 1.165) is 28.6 Å². The topological polar surface area (TPSA) is 55.1 Å². The molecule has 11 heteroatoms. The molecule has 2 heterocycles. The Morgan fingerprint density at radius 1 is 1.00 bits per heavy atom. The summed E-state index contributed by atoms with van der Waals surface area (Å²) in [6.45, 7) is 0. The number of benzene rings is 2. The molecule has 0 radical (unpaired) electrons.